The van der Waals surface area contributed by atoms with Crippen molar-refractivity contribution in [2.24, 2.45) is 5.16 Å². The number of β-lactam (4-membered cyclic amide) rings is 1. The summed E-state index contributed by atoms with van der Waals surface area (Å²) in [6.07, 6.45) is -1.38. The zero-order chi connectivity index (χ0) is 20.0. The van der Waals surface area contributed by atoms with Gasteiger partial charge in [0.25, 0.3) is 18.7 Å². The fraction of sp³-hybridized carbons (Fsp3) is 0.385. The van der Waals surface area contributed by atoms with Gasteiger partial charge in [-0.2, -0.15) is 9.36 Å². The second kappa shape index (κ2) is 6.99. The van der Waals surface area contributed by atoms with Crippen molar-refractivity contribution in [1.82, 2.24) is 19.6 Å². The lowest BCUT2D eigenvalue weighted by Gasteiger charge is -2.48. The molecule has 4 heterocycles. The summed E-state index contributed by atoms with van der Waals surface area (Å²) in [5.41, 5.74) is 5.33. The third kappa shape index (κ3) is 2.87. The Balaban J connectivity index is 1.52. The zero-order valence-corrected chi connectivity index (χ0v) is 15.3. The number of amides is 2. The van der Waals surface area contributed by atoms with Gasteiger partial charge in [0.1, 0.15) is 17.1 Å². The van der Waals surface area contributed by atoms with E-state index >= 15 is 0 Å². The van der Waals surface area contributed by atoms with E-state index in [1.165, 1.54) is 16.7 Å². The molecule has 3 atom stereocenters. The van der Waals surface area contributed by atoms with Gasteiger partial charge in [0.05, 0.1) is 0 Å². The molecule has 0 aromatic carbocycles. The molecule has 0 spiro atoms. The van der Waals surface area contributed by atoms with Crippen molar-refractivity contribution < 1.29 is 33.5 Å². The topological polar surface area (TPSA) is 169 Å². The Labute approximate surface area is 163 Å². The molecule has 4 N–H and O–H groups in total. The third-order valence-corrected chi connectivity index (χ3v) is 5.91. The number of halogens is 1. The summed E-state index contributed by atoms with van der Waals surface area (Å²) in [5.74, 6) is -2.18. The van der Waals surface area contributed by atoms with E-state index in [0.717, 1.165) is 11.5 Å². The molecular formula is C13H11FN6O6S2. The predicted molar refractivity (Wildman–Crippen MR) is 92.1 cm³/mol. The maximum Gasteiger partial charge on any atom is 0.357 e. The van der Waals surface area contributed by atoms with E-state index in [-0.39, 0.29) is 22.4 Å². The molecule has 3 aliphatic rings. The average Bonchev–Trinajstić information content (AvgIpc) is 3.22. The molecule has 1 aromatic heterocycles. The number of anilines is 1. The number of carbonyl (C=O) groups is 3. The number of alkyl halides is 1. The Morgan fingerprint density at radius 2 is 2.32 bits per heavy atom. The first kappa shape index (κ1) is 18.6. The minimum Gasteiger partial charge on any atom is -0.427 e. The molecule has 0 radical (unpaired) electrons. The van der Waals surface area contributed by atoms with Gasteiger partial charge in [0.15, 0.2) is 5.13 Å². The maximum absolute atomic E-state index is 12.5. The average molecular weight is 430 g/mol. The van der Waals surface area contributed by atoms with Crippen molar-refractivity contribution in [3.05, 3.63) is 17.1 Å². The fourth-order valence-corrected chi connectivity index (χ4v) is 4.66. The van der Waals surface area contributed by atoms with Crippen LogP contribution in [0.3, 0.4) is 0 Å². The largest absolute Gasteiger partial charge is 0.427 e. The minimum absolute atomic E-state index is 0.00431. The van der Waals surface area contributed by atoms with E-state index in [9.17, 15) is 23.9 Å². The number of carbonyl (C=O) groups excluding carboxylic acids is 3. The molecule has 1 saturated heterocycles. The van der Waals surface area contributed by atoms with Gasteiger partial charge < -0.3 is 25.7 Å². The highest BCUT2D eigenvalue weighted by molar-refractivity contribution is 8.00. The number of hydrogen-bond acceptors (Lipinski definition) is 12. The van der Waals surface area contributed by atoms with Crippen LogP contribution in [0.25, 0.3) is 0 Å². The van der Waals surface area contributed by atoms with Crippen molar-refractivity contribution in [3.8, 4) is 0 Å². The van der Waals surface area contributed by atoms with Crippen molar-refractivity contribution in [3.63, 3.8) is 0 Å². The Kier molecular flexibility index (Phi) is 4.64. The molecule has 1 aromatic rings. The van der Waals surface area contributed by atoms with Crippen LogP contribution >= 0.6 is 23.3 Å². The van der Waals surface area contributed by atoms with E-state index < -0.39 is 48.1 Å². The molecule has 15 heteroatoms. The lowest BCUT2D eigenvalue weighted by Crippen LogP contribution is -2.70. The van der Waals surface area contributed by atoms with Crippen LogP contribution in [0.15, 0.2) is 16.4 Å². The van der Waals surface area contributed by atoms with E-state index in [1.54, 1.807) is 0 Å². The molecule has 28 heavy (non-hydrogen) atoms. The summed E-state index contributed by atoms with van der Waals surface area (Å²) in [4.78, 5) is 46.1. The lowest BCUT2D eigenvalue weighted by atomic mass is 10.0. The van der Waals surface area contributed by atoms with Crippen LogP contribution < -0.4 is 11.1 Å². The highest BCUT2D eigenvalue weighted by Gasteiger charge is 2.57. The number of oxime groups is 1. The van der Waals surface area contributed by atoms with Gasteiger partial charge in [-0.15, -0.1) is 11.8 Å². The molecular weight excluding hydrogens is 419 g/mol. The number of nitrogen functional groups attached to an aromatic ring is 1. The van der Waals surface area contributed by atoms with Crippen LogP contribution in [0.5, 0.6) is 0 Å². The molecule has 3 unspecified atom stereocenters. The Morgan fingerprint density at radius 3 is 3.00 bits per heavy atom. The van der Waals surface area contributed by atoms with Crippen LogP contribution in [-0.2, 0) is 24.0 Å². The first-order chi connectivity index (χ1) is 13.4. The first-order valence-electron chi connectivity index (χ1n) is 7.65. The zero-order valence-electron chi connectivity index (χ0n) is 13.7. The normalized spacial score (nSPS) is 26.4. The smallest absolute Gasteiger partial charge is 0.357 e. The fourth-order valence-electron chi connectivity index (χ4n) is 2.86. The van der Waals surface area contributed by atoms with Gasteiger partial charge >= 0.3 is 5.97 Å². The van der Waals surface area contributed by atoms with Crippen LogP contribution in [0, 0.1) is 0 Å². The van der Waals surface area contributed by atoms with Crippen LogP contribution in [-0.4, -0.2) is 73.2 Å². The summed E-state index contributed by atoms with van der Waals surface area (Å²) in [7, 11) is 0. The number of ether oxygens (including phenoxy) is 1. The number of rotatable bonds is 5. The van der Waals surface area contributed by atoms with E-state index in [4.69, 9.17) is 10.5 Å². The van der Waals surface area contributed by atoms with Gasteiger partial charge in [0.2, 0.25) is 17.8 Å². The number of nitrogens with zero attached hydrogens (tertiary/aromatic N) is 4. The SMILES string of the molecule is Nc1nc(/C(=N/OCF)C(=O)NC2C(=O)N3C4=C(CSC23)C(O)OC4=O)ns1. The number of fused-ring (bicyclic) bond motifs is 2. The van der Waals surface area contributed by atoms with Crippen molar-refractivity contribution >= 4 is 51.9 Å². The molecule has 12 nitrogen and oxygen atoms in total. The standard InChI is InChI=1S/C13H11FN6O6S2/c14-2-25-18-4(7-17-13(15)28-19-7)8(21)16-5-9(22)20-6-3(1-27-10(5)20)11(23)26-12(6)24/h5,10-11,23H,1-2H2,(H,16,21)(H2,15,17,19)/b18-4-. The van der Waals surface area contributed by atoms with Crippen LogP contribution in [0.1, 0.15) is 5.82 Å². The van der Waals surface area contributed by atoms with Gasteiger partial charge in [-0.05, 0) is 0 Å². The molecule has 0 bridgehead atoms. The van der Waals surface area contributed by atoms with Gasteiger partial charge in [0, 0.05) is 22.9 Å². The molecule has 2 amide bonds. The second-order valence-electron chi connectivity index (χ2n) is 5.63. The van der Waals surface area contributed by atoms with Crippen molar-refractivity contribution in [2.75, 3.05) is 18.3 Å². The number of aliphatic hydroxyl groups excluding tert-OH is 1. The van der Waals surface area contributed by atoms with Gasteiger partial charge in [-0.3, -0.25) is 14.5 Å². The summed E-state index contributed by atoms with van der Waals surface area (Å²) in [6, 6.07) is -0.983. The summed E-state index contributed by atoms with van der Waals surface area (Å²) < 4.78 is 20.8. The number of aliphatic hydroxyl groups is 1. The van der Waals surface area contributed by atoms with Crippen molar-refractivity contribution in [2.45, 2.75) is 17.7 Å². The molecule has 1 fully saturated rings. The Morgan fingerprint density at radius 1 is 1.54 bits per heavy atom. The number of thioether (sulfide) groups is 1. The number of hydrogen-bond donors (Lipinski definition) is 3. The van der Waals surface area contributed by atoms with E-state index in [0.29, 0.717) is 5.57 Å². The highest BCUT2D eigenvalue weighted by atomic mass is 32.2. The number of esters is 1. The minimum atomic E-state index is -1.38. The monoisotopic (exact) mass is 430 g/mol. The number of nitrogens with one attached hydrogen (secondary N) is 1. The van der Waals surface area contributed by atoms with Crippen LogP contribution in [0.2, 0.25) is 0 Å². The quantitative estimate of drug-likeness (QED) is 0.212. The van der Waals surface area contributed by atoms with Gasteiger partial charge in [-0.1, -0.05) is 5.16 Å². The predicted octanol–water partition coefficient (Wildman–Crippen LogP) is -1.70. The molecule has 4 rings (SSSR count). The highest BCUT2D eigenvalue weighted by Crippen LogP contribution is 2.43. The third-order valence-electron chi connectivity index (χ3n) is 4.07. The summed E-state index contributed by atoms with van der Waals surface area (Å²) in [5, 5.41) is 15.0. The Hall–Kier alpha value is -2.78. The molecule has 0 saturated carbocycles. The summed E-state index contributed by atoms with van der Waals surface area (Å²) in [6.45, 7) is -1.29. The first-order valence-corrected chi connectivity index (χ1v) is 9.47. The van der Waals surface area contributed by atoms with E-state index in [2.05, 4.69) is 24.7 Å². The summed E-state index contributed by atoms with van der Waals surface area (Å²) >= 11 is 2.04. The molecule has 0 aliphatic carbocycles. The van der Waals surface area contributed by atoms with E-state index in [1.807, 2.05) is 0 Å². The van der Waals surface area contributed by atoms with Crippen molar-refractivity contribution in [1.29, 1.82) is 0 Å². The Bertz CT molecular complexity index is 934. The van der Waals surface area contributed by atoms with Gasteiger partial charge in [-0.25, -0.2) is 9.18 Å². The maximum atomic E-state index is 12.5. The molecule has 148 valence electrons. The molecule has 3 aliphatic heterocycles. The lowest BCUT2D eigenvalue weighted by molar-refractivity contribution is -0.157. The van der Waals surface area contributed by atoms with Crippen LogP contribution in [0.4, 0.5) is 9.52 Å². The number of cyclic esters (lactones) is 1. The number of aromatic nitrogens is 2. The second-order valence-corrected chi connectivity index (χ2v) is 7.52. The number of nitrogens with two attached hydrogens (primary N) is 1.